The van der Waals surface area contributed by atoms with E-state index in [4.69, 9.17) is 0 Å². The highest BCUT2D eigenvalue weighted by molar-refractivity contribution is 5.92. The van der Waals surface area contributed by atoms with Crippen molar-refractivity contribution in [2.24, 2.45) is 0 Å². The number of aliphatic hydroxyl groups excluding tert-OH is 1. The number of alkyl halides is 3. The number of carbonyl (C=O) groups excluding carboxylic acids is 1. The Balaban J connectivity index is 2.02. The van der Waals surface area contributed by atoms with Gasteiger partial charge in [-0.05, 0) is 25.0 Å². The van der Waals surface area contributed by atoms with E-state index in [0.29, 0.717) is 19.0 Å². The van der Waals surface area contributed by atoms with Gasteiger partial charge in [0.15, 0.2) is 0 Å². The molecule has 20 heavy (non-hydrogen) atoms. The van der Waals surface area contributed by atoms with Gasteiger partial charge < -0.3 is 10.4 Å². The minimum Gasteiger partial charge on any atom is -0.391 e. The summed E-state index contributed by atoms with van der Waals surface area (Å²) in [6.07, 6.45) is -1.36. The predicted molar refractivity (Wildman–Crippen MR) is 65.0 cm³/mol. The Morgan fingerprint density at radius 1 is 1.30 bits per heavy atom. The first-order valence-corrected chi connectivity index (χ1v) is 6.40. The lowest BCUT2D eigenvalue weighted by atomic mass is 9.92. The van der Waals surface area contributed by atoms with E-state index in [0.717, 1.165) is 25.0 Å². The Bertz CT molecular complexity index is 473. The summed E-state index contributed by atoms with van der Waals surface area (Å²) in [7, 11) is 0. The first-order chi connectivity index (χ1) is 9.38. The normalized spacial score (nSPS) is 23.4. The average Bonchev–Trinajstić information content (AvgIpc) is 2.40. The topological polar surface area (TPSA) is 62.2 Å². The lowest BCUT2D eigenvalue weighted by molar-refractivity contribution is -0.137. The Labute approximate surface area is 114 Å². The number of halogens is 3. The zero-order chi connectivity index (χ0) is 14.8. The third-order valence-corrected chi connectivity index (χ3v) is 3.37. The number of carbonyl (C=O) groups is 1. The van der Waals surface area contributed by atoms with E-state index in [1.807, 2.05) is 0 Å². The molecule has 1 aliphatic rings. The SMILES string of the molecule is O=C(N[C@@H]1CCCC[C@H]1O)c1ccc(C(F)(F)F)cn1. The van der Waals surface area contributed by atoms with Gasteiger partial charge in [-0.3, -0.25) is 9.78 Å². The zero-order valence-electron chi connectivity index (χ0n) is 10.7. The molecule has 0 saturated heterocycles. The summed E-state index contributed by atoms with van der Waals surface area (Å²) in [5.41, 5.74) is -0.984. The fraction of sp³-hybridized carbons (Fsp3) is 0.538. The van der Waals surface area contributed by atoms with Gasteiger partial charge in [-0.25, -0.2) is 0 Å². The maximum absolute atomic E-state index is 12.4. The van der Waals surface area contributed by atoms with Gasteiger partial charge in [-0.1, -0.05) is 12.8 Å². The molecule has 4 nitrogen and oxygen atoms in total. The predicted octanol–water partition coefficient (Wildman–Crippen LogP) is 2.13. The van der Waals surface area contributed by atoms with Crippen LogP contribution < -0.4 is 5.32 Å². The third-order valence-electron chi connectivity index (χ3n) is 3.37. The van der Waals surface area contributed by atoms with Gasteiger partial charge >= 0.3 is 6.18 Å². The van der Waals surface area contributed by atoms with Crippen LogP contribution >= 0.6 is 0 Å². The largest absolute Gasteiger partial charge is 0.417 e. The molecule has 2 rings (SSSR count). The molecule has 1 amide bonds. The molecule has 0 unspecified atom stereocenters. The lowest BCUT2D eigenvalue weighted by Gasteiger charge is -2.28. The highest BCUT2D eigenvalue weighted by Crippen LogP contribution is 2.28. The van der Waals surface area contributed by atoms with Crippen molar-refractivity contribution in [3.8, 4) is 0 Å². The molecule has 2 atom stereocenters. The molecule has 0 aliphatic heterocycles. The van der Waals surface area contributed by atoms with Crippen molar-refractivity contribution in [2.75, 3.05) is 0 Å². The number of nitrogens with one attached hydrogen (secondary N) is 1. The number of nitrogens with zero attached hydrogens (tertiary/aromatic N) is 1. The molecular formula is C13H15F3N2O2. The number of rotatable bonds is 2. The van der Waals surface area contributed by atoms with E-state index in [2.05, 4.69) is 10.3 Å². The van der Waals surface area contributed by atoms with Gasteiger partial charge in [-0.2, -0.15) is 13.2 Å². The van der Waals surface area contributed by atoms with Crippen LogP contribution in [0.5, 0.6) is 0 Å². The minimum atomic E-state index is -4.47. The molecular weight excluding hydrogens is 273 g/mol. The van der Waals surface area contributed by atoms with E-state index in [1.54, 1.807) is 0 Å². The van der Waals surface area contributed by atoms with Crippen LogP contribution in [0.4, 0.5) is 13.2 Å². The highest BCUT2D eigenvalue weighted by Gasteiger charge is 2.31. The van der Waals surface area contributed by atoms with Crippen molar-refractivity contribution in [1.82, 2.24) is 10.3 Å². The number of amides is 1. The summed E-state index contributed by atoms with van der Waals surface area (Å²) >= 11 is 0. The van der Waals surface area contributed by atoms with E-state index >= 15 is 0 Å². The second-order valence-electron chi connectivity index (χ2n) is 4.86. The first-order valence-electron chi connectivity index (χ1n) is 6.40. The van der Waals surface area contributed by atoms with Gasteiger partial charge in [0.05, 0.1) is 17.7 Å². The first kappa shape index (κ1) is 14.8. The van der Waals surface area contributed by atoms with E-state index in [-0.39, 0.29) is 11.7 Å². The van der Waals surface area contributed by atoms with Crippen LogP contribution in [0.1, 0.15) is 41.7 Å². The van der Waals surface area contributed by atoms with Crippen LogP contribution in [0.25, 0.3) is 0 Å². The van der Waals surface area contributed by atoms with Crippen LogP contribution in [-0.4, -0.2) is 28.1 Å². The number of pyridine rings is 1. The van der Waals surface area contributed by atoms with Crippen molar-refractivity contribution in [3.05, 3.63) is 29.6 Å². The van der Waals surface area contributed by atoms with Crippen LogP contribution in [0.2, 0.25) is 0 Å². The minimum absolute atomic E-state index is 0.0872. The number of hydrogen-bond acceptors (Lipinski definition) is 3. The molecule has 0 bridgehead atoms. The van der Waals surface area contributed by atoms with Gasteiger partial charge in [-0.15, -0.1) is 0 Å². The Morgan fingerprint density at radius 2 is 2.00 bits per heavy atom. The molecule has 1 saturated carbocycles. The monoisotopic (exact) mass is 288 g/mol. The van der Waals surface area contributed by atoms with Crippen LogP contribution in [0.15, 0.2) is 18.3 Å². The summed E-state index contributed by atoms with van der Waals surface area (Å²) in [6, 6.07) is 1.49. The molecule has 1 heterocycles. The number of aliphatic hydroxyl groups is 1. The molecule has 1 aromatic heterocycles. The lowest BCUT2D eigenvalue weighted by Crippen LogP contribution is -2.45. The van der Waals surface area contributed by atoms with E-state index in [9.17, 15) is 23.1 Å². The molecule has 0 aromatic carbocycles. The second-order valence-corrected chi connectivity index (χ2v) is 4.86. The summed E-state index contributed by atoms with van der Waals surface area (Å²) in [6.45, 7) is 0. The van der Waals surface area contributed by atoms with E-state index in [1.165, 1.54) is 0 Å². The van der Waals surface area contributed by atoms with Gasteiger partial charge in [0, 0.05) is 6.20 Å². The molecule has 2 N–H and O–H groups in total. The van der Waals surface area contributed by atoms with Crippen molar-refractivity contribution < 1.29 is 23.1 Å². The van der Waals surface area contributed by atoms with Crippen molar-refractivity contribution >= 4 is 5.91 Å². The smallest absolute Gasteiger partial charge is 0.391 e. The van der Waals surface area contributed by atoms with Crippen LogP contribution in [0.3, 0.4) is 0 Å². The van der Waals surface area contributed by atoms with Crippen molar-refractivity contribution in [2.45, 2.75) is 44.0 Å². The van der Waals surface area contributed by atoms with Gasteiger partial charge in [0.25, 0.3) is 5.91 Å². The fourth-order valence-electron chi connectivity index (χ4n) is 2.22. The number of aromatic nitrogens is 1. The summed E-state index contributed by atoms with van der Waals surface area (Å²) in [4.78, 5) is 15.4. The second kappa shape index (κ2) is 5.78. The molecule has 0 radical (unpaired) electrons. The zero-order valence-corrected chi connectivity index (χ0v) is 10.7. The molecule has 1 aliphatic carbocycles. The molecule has 7 heteroatoms. The fourth-order valence-corrected chi connectivity index (χ4v) is 2.22. The standard InChI is InChI=1S/C13H15F3N2O2/c14-13(15,16)8-5-6-10(17-7-8)12(20)18-9-3-1-2-4-11(9)19/h5-7,9,11,19H,1-4H2,(H,18,20)/t9-,11-/m1/s1. The van der Waals surface area contributed by atoms with Crippen LogP contribution in [-0.2, 0) is 6.18 Å². The van der Waals surface area contributed by atoms with Gasteiger partial charge in [0.1, 0.15) is 5.69 Å². The maximum Gasteiger partial charge on any atom is 0.417 e. The number of hydrogen-bond donors (Lipinski definition) is 2. The average molecular weight is 288 g/mol. The van der Waals surface area contributed by atoms with Crippen molar-refractivity contribution in [3.63, 3.8) is 0 Å². The Morgan fingerprint density at radius 3 is 2.55 bits per heavy atom. The van der Waals surface area contributed by atoms with E-state index < -0.39 is 23.8 Å². The molecule has 110 valence electrons. The van der Waals surface area contributed by atoms with Crippen molar-refractivity contribution in [1.29, 1.82) is 0 Å². The van der Waals surface area contributed by atoms with Gasteiger partial charge in [0.2, 0.25) is 0 Å². The Kier molecular flexibility index (Phi) is 4.27. The summed E-state index contributed by atoms with van der Waals surface area (Å²) in [5.74, 6) is -0.565. The molecule has 0 spiro atoms. The third kappa shape index (κ3) is 3.47. The summed E-state index contributed by atoms with van der Waals surface area (Å²) in [5, 5.41) is 12.3. The molecule has 1 fully saturated rings. The summed E-state index contributed by atoms with van der Waals surface area (Å²) < 4.78 is 37.1. The highest BCUT2D eigenvalue weighted by atomic mass is 19.4. The quantitative estimate of drug-likeness (QED) is 0.876. The maximum atomic E-state index is 12.4. The molecule has 1 aromatic rings. The van der Waals surface area contributed by atoms with Crippen LogP contribution in [0, 0.1) is 0 Å². The Hall–Kier alpha value is -1.63.